The van der Waals surface area contributed by atoms with E-state index in [0.717, 1.165) is 18.5 Å². The first-order valence-corrected chi connectivity index (χ1v) is 7.72. The van der Waals surface area contributed by atoms with Crippen LogP contribution in [-0.4, -0.2) is 15.5 Å². The first-order valence-electron chi connectivity index (χ1n) is 7.72. The first-order chi connectivity index (χ1) is 11.2. The number of benzene rings is 2. The zero-order chi connectivity index (χ0) is 15.8. The molecule has 0 aliphatic heterocycles. The molecule has 3 aromatic rings. The van der Waals surface area contributed by atoms with E-state index in [4.69, 9.17) is 0 Å². The second-order valence-corrected chi connectivity index (χ2v) is 5.87. The van der Waals surface area contributed by atoms with Gasteiger partial charge in [-0.05, 0) is 54.7 Å². The number of anilines is 1. The van der Waals surface area contributed by atoms with E-state index in [0.29, 0.717) is 11.0 Å². The van der Waals surface area contributed by atoms with Crippen LogP contribution in [0.2, 0.25) is 0 Å². The van der Waals surface area contributed by atoms with Crippen molar-refractivity contribution in [2.24, 2.45) is 0 Å². The summed E-state index contributed by atoms with van der Waals surface area (Å²) < 4.78 is 15.4. The molecule has 1 aliphatic rings. The number of nitrogens with one attached hydrogen (secondary N) is 1. The molecule has 0 atom stereocenters. The number of nitrogens with zero attached hydrogens (tertiary/aromatic N) is 2. The van der Waals surface area contributed by atoms with E-state index < -0.39 is 0 Å². The Bertz CT molecular complexity index is 900. The Labute approximate surface area is 133 Å². The minimum absolute atomic E-state index is 0.0362. The maximum absolute atomic E-state index is 13.9. The van der Waals surface area contributed by atoms with Gasteiger partial charge in [0.1, 0.15) is 17.9 Å². The number of imidazole rings is 1. The standard InChI is InChI=1S/C18H16FN3O/c19-15-5-2-6-16-18(15)22(11-20-16)10-17(23)21-14-8-7-12-3-1-4-13(12)9-14/h2,5-9,11H,1,3-4,10H2,(H,21,23). The van der Waals surface area contributed by atoms with Crippen molar-refractivity contribution in [3.05, 3.63) is 59.7 Å². The summed E-state index contributed by atoms with van der Waals surface area (Å²) in [7, 11) is 0. The van der Waals surface area contributed by atoms with Crippen molar-refractivity contribution in [1.82, 2.24) is 9.55 Å². The highest BCUT2D eigenvalue weighted by molar-refractivity contribution is 5.91. The van der Waals surface area contributed by atoms with E-state index in [-0.39, 0.29) is 18.3 Å². The minimum Gasteiger partial charge on any atom is -0.325 e. The summed E-state index contributed by atoms with van der Waals surface area (Å²) in [4.78, 5) is 16.4. The molecule has 5 heteroatoms. The number of aromatic nitrogens is 2. The van der Waals surface area contributed by atoms with Gasteiger partial charge < -0.3 is 9.88 Å². The minimum atomic E-state index is -0.370. The van der Waals surface area contributed by atoms with E-state index >= 15 is 0 Å². The van der Waals surface area contributed by atoms with Crippen molar-refractivity contribution in [2.75, 3.05) is 5.32 Å². The van der Waals surface area contributed by atoms with Gasteiger partial charge in [0.05, 0.1) is 11.8 Å². The van der Waals surface area contributed by atoms with Gasteiger partial charge in [-0.1, -0.05) is 12.1 Å². The predicted molar refractivity (Wildman–Crippen MR) is 86.8 cm³/mol. The fraction of sp³-hybridized carbons (Fsp3) is 0.222. The van der Waals surface area contributed by atoms with E-state index in [1.54, 1.807) is 12.1 Å². The highest BCUT2D eigenvalue weighted by Crippen LogP contribution is 2.25. The number of hydrogen-bond donors (Lipinski definition) is 1. The van der Waals surface area contributed by atoms with Crippen molar-refractivity contribution in [3.8, 4) is 0 Å². The monoisotopic (exact) mass is 309 g/mol. The number of para-hydroxylation sites is 1. The molecule has 0 saturated heterocycles. The van der Waals surface area contributed by atoms with Crippen LogP contribution in [-0.2, 0) is 24.2 Å². The van der Waals surface area contributed by atoms with Gasteiger partial charge in [-0.25, -0.2) is 9.37 Å². The van der Waals surface area contributed by atoms with Crippen LogP contribution in [0.1, 0.15) is 17.5 Å². The van der Waals surface area contributed by atoms with Gasteiger partial charge in [-0.2, -0.15) is 0 Å². The molecule has 0 bridgehead atoms. The quantitative estimate of drug-likeness (QED) is 0.807. The Balaban J connectivity index is 1.53. The molecule has 0 fully saturated rings. The largest absolute Gasteiger partial charge is 0.325 e. The van der Waals surface area contributed by atoms with Gasteiger partial charge in [0.15, 0.2) is 0 Å². The van der Waals surface area contributed by atoms with E-state index in [1.807, 2.05) is 12.1 Å². The number of fused-ring (bicyclic) bond motifs is 2. The molecule has 0 spiro atoms. The summed E-state index contributed by atoms with van der Waals surface area (Å²) in [5.41, 5.74) is 4.38. The van der Waals surface area contributed by atoms with Crippen molar-refractivity contribution in [3.63, 3.8) is 0 Å². The van der Waals surface area contributed by atoms with Crippen molar-refractivity contribution >= 4 is 22.6 Å². The third kappa shape index (κ3) is 2.59. The Morgan fingerprint density at radius 1 is 1.22 bits per heavy atom. The number of amides is 1. The number of carbonyl (C=O) groups is 1. The van der Waals surface area contributed by atoms with Gasteiger partial charge in [0.2, 0.25) is 5.91 Å². The maximum atomic E-state index is 13.9. The second-order valence-electron chi connectivity index (χ2n) is 5.87. The fourth-order valence-electron chi connectivity index (χ4n) is 3.21. The molecule has 4 rings (SSSR count). The third-order valence-electron chi connectivity index (χ3n) is 4.29. The lowest BCUT2D eigenvalue weighted by Crippen LogP contribution is -2.18. The highest BCUT2D eigenvalue weighted by Gasteiger charge is 2.13. The average molecular weight is 309 g/mol. The van der Waals surface area contributed by atoms with E-state index in [9.17, 15) is 9.18 Å². The second kappa shape index (κ2) is 5.50. The first kappa shape index (κ1) is 13.9. The van der Waals surface area contributed by atoms with Crippen molar-refractivity contribution in [2.45, 2.75) is 25.8 Å². The summed E-state index contributed by atoms with van der Waals surface area (Å²) in [6.07, 6.45) is 4.85. The maximum Gasteiger partial charge on any atom is 0.244 e. The lowest BCUT2D eigenvalue weighted by atomic mass is 10.1. The zero-order valence-corrected chi connectivity index (χ0v) is 12.6. The summed E-state index contributed by atoms with van der Waals surface area (Å²) >= 11 is 0. The topological polar surface area (TPSA) is 46.9 Å². The van der Waals surface area contributed by atoms with Crippen molar-refractivity contribution in [1.29, 1.82) is 0 Å². The molecule has 1 aliphatic carbocycles. The molecule has 0 unspecified atom stereocenters. The average Bonchev–Trinajstić information content (AvgIpc) is 3.14. The molecule has 4 nitrogen and oxygen atoms in total. The van der Waals surface area contributed by atoms with Gasteiger partial charge in [0.25, 0.3) is 0 Å². The van der Waals surface area contributed by atoms with Crippen molar-refractivity contribution < 1.29 is 9.18 Å². The third-order valence-corrected chi connectivity index (χ3v) is 4.29. The number of hydrogen-bond acceptors (Lipinski definition) is 2. The van der Waals surface area contributed by atoms with Gasteiger partial charge >= 0.3 is 0 Å². The molecule has 23 heavy (non-hydrogen) atoms. The summed E-state index contributed by atoms with van der Waals surface area (Å²) in [5, 5.41) is 2.88. The molecule has 1 amide bonds. The van der Waals surface area contributed by atoms with Crippen LogP contribution in [0.3, 0.4) is 0 Å². The van der Waals surface area contributed by atoms with Crippen LogP contribution in [0.5, 0.6) is 0 Å². The smallest absolute Gasteiger partial charge is 0.244 e. The summed E-state index contributed by atoms with van der Waals surface area (Å²) in [5.74, 6) is -0.559. The molecule has 2 aromatic carbocycles. The van der Waals surface area contributed by atoms with Crippen LogP contribution in [0.25, 0.3) is 11.0 Å². The van der Waals surface area contributed by atoms with Crippen LogP contribution < -0.4 is 5.32 Å². The SMILES string of the molecule is O=C(Cn1cnc2cccc(F)c21)Nc1ccc2c(c1)CCC2. The molecule has 0 saturated carbocycles. The lowest BCUT2D eigenvalue weighted by Gasteiger charge is -2.09. The van der Waals surface area contributed by atoms with E-state index in [2.05, 4.69) is 16.4 Å². The molecule has 116 valence electrons. The zero-order valence-electron chi connectivity index (χ0n) is 12.6. The Kier molecular flexibility index (Phi) is 3.33. The number of halogens is 1. The van der Waals surface area contributed by atoms with Crippen LogP contribution >= 0.6 is 0 Å². The molecule has 1 aromatic heterocycles. The molecular formula is C18H16FN3O. The highest BCUT2D eigenvalue weighted by atomic mass is 19.1. The molecule has 0 radical (unpaired) electrons. The van der Waals surface area contributed by atoms with Crippen LogP contribution in [0, 0.1) is 5.82 Å². The fourth-order valence-corrected chi connectivity index (χ4v) is 3.21. The number of carbonyl (C=O) groups excluding carboxylic acids is 1. The Morgan fingerprint density at radius 2 is 2.09 bits per heavy atom. The summed E-state index contributed by atoms with van der Waals surface area (Å²) in [6.45, 7) is 0.0362. The Morgan fingerprint density at radius 3 is 3.00 bits per heavy atom. The molecule has 1 N–H and O–H groups in total. The normalized spacial score (nSPS) is 13.3. The van der Waals surface area contributed by atoms with Gasteiger partial charge in [0, 0.05) is 5.69 Å². The lowest BCUT2D eigenvalue weighted by molar-refractivity contribution is -0.116. The van der Waals surface area contributed by atoms with E-state index in [1.165, 1.54) is 34.5 Å². The number of aryl methyl sites for hydroxylation is 2. The molecular weight excluding hydrogens is 293 g/mol. The van der Waals surface area contributed by atoms with Gasteiger partial charge in [-0.15, -0.1) is 0 Å². The van der Waals surface area contributed by atoms with Crippen LogP contribution in [0.15, 0.2) is 42.7 Å². The Hall–Kier alpha value is -2.69. The predicted octanol–water partition coefficient (Wildman–Crippen LogP) is 3.30. The summed E-state index contributed by atoms with van der Waals surface area (Å²) in [6, 6.07) is 10.7. The molecule has 1 heterocycles. The van der Waals surface area contributed by atoms with Gasteiger partial charge in [-0.3, -0.25) is 4.79 Å². The number of rotatable bonds is 3. The van der Waals surface area contributed by atoms with Crippen LogP contribution in [0.4, 0.5) is 10.1 Å².